The van der Waals surface area contributed by atoms with Gasteiger partial charge in [-0.1, -0.05) is 30.3 Å². The van der Waals surface area contributed by atoms with E-state index in [0.29, 0.717) is 28.5 Å². The first-order chi connectivity index (χ1) is 19.6. The summed E-state index contributed by atoms with van der Waals surface area (Å²) in [5.74, 6) is -1.93. The monoisotopic (exact) mass is 581 g/mol. The van der Waals surface area contributed by atoms with E-state index in [4.69, 9.17) is 10.1 Å². The van der Waals surface area contributed by atoms with Crippen LogP contribution in [0.15, 0.2) is 72.1 Å². The van der Waals surface area contributed by atoms with E-state index in [9.17, 15) is 27.9 Å². The summed E-state index contributed by atoms with van der Waals surface area (Å²) >= 11 is 1.39. The van der Waals surface area contributed by atoms with Gasteiger partial charge in [0.05, 0.1) is 24.3 Å². The zero-order valence-corrected chi connectivity index (χ0v) is 22.5. The van der Waals surface area contributed by atoms with Crippen LogP contribution >= 0.6 is 11.3 Å². The molecule has 11 heteroatoms. The quantitative estimate of drug-likeness (QED) is 0.230. The Morgan fingerprint density at radius 1 is 1.00 bits per heavy atom. The molecule has 1 aliphatic carbocycles. The van der Waals surface area contributed by atoms with E-state index in [1.165, 1.54) is 34.6 Å². The highest BCUT2D eigenvalue weighted by Gasteiger charge is 2.30. The summed E-state index contributed by atoms with van der Waals surface area (Å²) < 4.78 is 39.0. The molecular formula is C30H26F3N3O4S. The summed E-state index contributed by atoms with van der Waals surface area (Å²) in [6, 6.07) is 18.0. The van der Waals surface area contributed by atoms with Gasteiger partial charge in [-0.15, -0.1) is 11.3 Å². The van der Waals surface area contributed by atoms with Gasteiger partial charge in [-0.25, -0.2) is 9.78 Å². The SMILES string of the molecule is O=C(NCC(O)C(=O)O)c1ccc(CN(c2ccc3c(c2)CCC3)c2nc(-c3ccc(C(F)(F)F)cc3)cs2)cc1. The molecule has 5 rings (SSSR count). The van der Waals surface area contributed by atoms with Gasteiger partial charge in [0.1, 0.15) is 0 Å². The maximum absolute atomic E-state index is 13.0. The molecule has 0 fully saturated rings. The van der Waals surface area contributed by atoms with Crippen LogP contribution in [0.3, 0.4) is 0 Å². The molecule has 212 valence electrons. The molecule has 1 amide bonds. The summed E-state index contributed by atoms with van der Waals surface area (Å²) in [7, 11) is 0. The number of carbonyl (C=O) groups is 2. The van der Waals surface area contributed by atoms with Crippen LogP contribution in [-0.2, 0) is 30.4 Å². The first-order valence-electron chi connectivity index (χ1n) is 12.9. The van der Waals surface area contributed by atoms with E-state index in [1.807, 2.05) is 16.3 Å². The normalized spacial score (nSPS) is 13.5. The third-order valence-corrected chi connectivity index (χ3v) is 7.79. The van der Waals surface area contributed by atoms with Gasteiger partial charge in [-0.05, 0) is 72.4 Å². The van der Waals surface area contributed by atoms with E-state index < -0.39 is 36.3 Å². The van der Waals surface area contributed by atoms with E-state index in [2.05, 4.69) is 17.4 Å². The van der Waals surface area contributed by atoms with Crippen LogP contribution in [0.25, 0.3) is 11.3 Å². The number of aliphatic hydroxyl groups excluding tert-OH is 1. The minimum Gasteiger partial charge on any atom is -0.479 e. The summed E-state index contributed by atoms with van der Waals surface area (Å²) in [5, 5.41) is 23.1. The van der Waals surface area contributed by atoms with Crippen molar-refractivity contribution in [1.29, 1.82) is 0 Å². The van der Waals surface area contributed by atoms with Crippen molar-refractivity contribution in [3.63, 3.8) is 0 Å². The molecule has 1 aliphatic rings. The maximum atomic E-state index is 13.0. The average Bonchev–Trinajstić information content (AvgIpc) is 3.64. The van der Waals surface area contributed by atoms with Gasteiger partial charge in [-0.2, -0.15) is 13.2 Å². The number of rotatable bonds is 9. The molecule has 41 heavy (non-hydrogen) atoms. The number of aliphatic carboxylic acids is 1. The Labute approximate surface area is 237 Å². The minimum absolute atomic E-state index is 0.314. The van der Waals surface area contributed by atoms with Crippen molar-refractivity contribution in [2.75, 3.05) is 11.4 Å². The molecule has 3 aromatic carbocycles. The van der Waals surface area contributed by atoms with Crippen LogP contribution in [0, 0.1) is 0 Å². The summed E-state index contributed by atoms with van der Waals surface area (Å²) in [6.45, 7) is 0.00567. The number of halogens is 3. The first-order valence-corrected chi connectivity index (χ1v) is 13.8. The third-order valence-electron chi connectivity index (χ3n) is 6.92. The van der Waals surface area contributed by atoms with Crippen molar-refractivity contribution in [2.24, 2.45) is 0 Å². The Hall–Kier alpha value is -4.22. The predicted molar refractivity (Wildman–Crippen MR) is 149 cm³/mol. The fourth-order valence-corrected chi connectivity index (χ4v) is 5.52. The molecule has 0 saturated heterocycles. The summed E-state index contributed by atoms with van der Waals surface area (Å²) in [5.41, 5.74) is 5.16. The van der Waals surface area contributed by atoms with Gasteiger partial charge < -0.3 is 20.4 Å². The Balaban J connectivity index is 1.39. The average molecular weight is 582 g/mol. The number of aromatic nitrogens is 1. The Bertz CT molecular complexity index is 1550. The predicted octanol–water partition coefficient (Wildman–Crippen LogP) is 5.83. The topological polar surface area (TPSA) is 103 Å². The molecule has 1 unspecified atom stereocenters. The Morgan fingerprint density at radius 3 is 2.39 bits per heavy atom. The number of fused-ring (bicyclic) bond motifs is 1. The molecular weight excluding hydrogens is 555 g/mol. The lowest BCUT2D eigenvalue weighted by Gasteiger charge is -2.23. The number of amides is 1. The fraction of sp³-hybridized carbons (Fsp3) is 0.233. The number of hydrogen-bond donors (Lipinski definition) is 3. The molecule has 0 aliphatic heterocycles. The number of carboxylic acids is 1. The van der Waals surface area contributed by atoms with Crippen LogP contribution in [-0.4, -0.2) is 39.7 Å². The molecule has 0 saturated carbocycles. The number of aryl methyl sites for hydroxylation is 2. The number of aliphatic hydroxyl groups is 1. The number of thiazole rings is 1. The van der Waals surface area contributed by atoms with Crippen molar-refractivity contribution < 1.29 is 33.0 Å². The van der Waals surface area contributed by atoms with Gasteiger partial charge >= 0.3 is 12.1 Å². The first kappa shape index (κ1) is 28.3. The highest BCUT2D eigenvalue weighted by atomic mass is 32.1. The van der Waals surface area contributed by atoms with E-state index >= 15 is 0 Å². The van der Waals surface area contributed by atoms with Gasteiger partial charge in [0, 0.05) is 22.2 Å². The third kappa shape index (κ3) is 6.58. The smallest absolute Gasteiger partial charge is 0.416 e. The van der Waals surface area contributed by atoms with Gasteiger partial charge in [0.25, 0.3) is 5.91 Å². The van der Waals surface area contributed by atoms with Gasteiger partial charge in [0.15, 0.2) is 11.2 Å². The second kappa shape index (κ2) is 11.7. The number of hydrogen-bond acceptors (Lipinski definition) is 6. The number of anilines is 2. The summed E-state index contributed by atoms with van der Waals surface area (Å²) in [4.78, 5) is 29.9. The van der Waals surface area contributed by atoms with Crippen molar-refractivity contribution in [2.45, 2.75) is 38.1 Å². The van der Waals surface area contributed by atoms with Crippen LogP contribution in [0.5, 0.6) is 0 Å². The van der Waals surface area contributed by atoms with Gasteiger partial charge in [0.2, 0.25) is 0 Å². The van der Waals surface area contributed by atoms with Crippen LogP contribution in [0.4, 0.5) is 24.0 Å². The molecule has 7 nitrogen and oxygen atoms in total. The number of carbonyl (C=O) groups excluding carboxylic acids is 1. The van der Waals surface area contributed by atoms with E-state index in [-0.39, 0.29) is 0 Å². The number of benzene rings is 3. The molecule has 4 aromatic rings. The largest absolute Gasteiger partial charge is 0.479 e. The number of alkyl halides is 3. The second-order valence-corrected chi connectivity index (χ2v) is 10.6. The maximum Gasteiger partial charge on any atom is 0.416 e. The molecule has 0 spiro atoms. The Morgan fingerprint density at radius 2 is 1.71 bits per heavy atom. The van der Waals surface area contributed by atoms with Crippen LogP contribution < -0.4 is 10.2 Å². The lowest BCUT2D eigenvalue weighted by Crippen LogP contribution is -2.36. The van der Waals surface area contributed by atoms with Crippen molar-refractivity contribution in [3.8, 4) is 11.3 Å². The van der Waals surface area contributed by atoms with Crippen molar-refractivity contribution in [3.05, 3.63) is 99.9 Å². The molecule has 0 radical (unpaired) electrons. The van der Waals surface area contributed by atoms with Crippen LogP contribution in [0.2, 0.25) is 0 Å². The summed E-state index contributed by atoms with van der Waals surface area (Å²) in [6.07, 6.45) is -2.97. The Kier molecular flexibility index (Phi) is 8.09. The molecule has 1 atom stereocenters. The highest BCUT2D eigenvalue weighted by molar-refractivity contribution is 7.14. The van der Waals surface area contributed by atoms with E-state index in [0.717, 1.165) is 42.6 Å². The zero-order valence-electron chi connectivity index (χ0n) is 21.7. The molecule has 3 N–H and O–H groups in total. The zero-order chi connectivity index (χ0) is 29.1. The minimum atomic E-state index is -4.41. The lowest BCUT2D eigenvalue weighted by molar-refractivity contribution is -0.146. The number of nitrogens with zero attached hydrogens (tertiary/aromatic N) is 2. The lowest BCUT2D eigenvalue weighted by atomic mass is 10.1. The van der Waals surface area contributed by atoms with Crippen molar-refractivity contribution >= 4 is 34.0 Å². The molecule has 0 bridgehead atoms. The second-order valence-electron chi connectivity index (χ2n) is 9.74. The standard InChI is InChI=1S/C30H26F3N3O4S/c31-30(32,33)23-11-8-20(9-12-23)25-17-41-29(35-25)36(24-13-10-19-2-1-3-22(19)14-24)16-18-4-6-21(7-5-18)27(38)34-15-26(37)28(39)40/h4-14,17,26,37H,1-3,15-16H2,(H,34,38)(H,39,40). The number of nitrogens with one attached hydrogen (secondary N) is 1. The van der Waals surface area contributed by atoms with Crippen LogP contribution in [0.1, 0.15) is 39.0 Å². The van der Waals surface area contributed by atoms with Gasteiger partial charge in [-0.3, -0.25) is 4.79 Å². The van der Waals surface area contributed by atoms with E-state index in [1.54, 1.807) is 24.3 Å². The van der Waals surface area contributed by atoms with Crippen molar-refractivity contribution in [1.82, 2.24) is 10.3 Å². The molecule has 1 aromatic heterocycles. The fourth-order valence-electron chi connectivity index (χ4n) is 4.67. The highest BCUT2D eigenvalue weighted by Crippen LogP contribution is 2.37. The molecule has 1 heterocycles. The number of carboxylic acid groups (broad SMARTS) is 1.